The second-order valence-corrected chi connectivity index (χ2v) is 5.48. The molecule has 1 aromatic heterocycles. The largest absolute Gasteiger partial charge is 0.373 e. The molecule has 1 N–H and O–H groups in total. The van der Waals surface area contributed by atoms with Crippen LogP contribution in [0.2, 0.25) is 0 Å². The predicted octanol–water partition coefficient (Wildman–Crippen LogP) is 3.87. The molecule has 2 aromatic rings. The van der Waals surface area contributed by atoms with Gasteiger partial charge in [-0.2, -0.15) is 11.8 Å². The molecule has 0 aliphatic carbocycles. The molecule has 104 valence electrons. The molecule has 0 spiro atoms. The molecule has 0 amide bonds. The van der Waals surface area contributed by atoms with E-state index < -0.39 is 6.43 Å². The molecule has 3 nitrogen and oxygen atoms in total. The van der Waals surface area contributed by atoms with Gasteiger partial charge in [0.2, 0.25) is 0 Å². The fourth-order valence-electron chi connectivity index (χ4n) is 2.20. The van der Waals surface area contributed by atoms with E-state index in [9.17, 15) is 8.78 Å². The van der Waals surface area contributed by atoms with Crippen LogP contribution in [0.1, 0.15) is 23.2 Å². The molecule has 20 heavy (non-hydrogen) atoms. The van der Waals surface area contributed by atoms with Crippen LogP contribution in [0.4, 0.5) is 14.6 Å². The molecular weight excluding hydrogens is 280 g/mol. The molecule has 0 saturated heterocycles. The van der Waals surface area contributed by atoms with Crippen molar-refractivity contribution in [3.05, 3.63) is 41.1 Å². The van der Waals surface area contributed by atoms with Crippen molar-refractivity contribution in [3.63, 3.8) is 0 Å². The van der Waals surface area contributed by atoms with Gasteiger partial charge in [-0.3, -0.25) is 0 Å². The fraction of sp³-hybridized carbons (Fsp3) is 0.286. The molecule has 0 atom stereocenters. The molecular formula is C14H13F2N3S. The Balaban J connectivity index is 2.08. The maximum absolute atomic E-state index is 12.8. The standard InChI is InChI=1S/C14H13F2N3S/c1-17-14-10-6-20-7-11(10)18-13(19-14)9-4-2-3-8(5-9)12(15)16/h2-5,12H,6-7H2,1H3,(H,17,18,19). The Kier molecular flexibility index (Phi) is 3.56. The molecule has 0 radical (unpaired) electrons. The zero-order valence-electron chi connectivity index (χ0n) is 10.9. The van der Waals surface area contributed by atoms with E-state index in [1.165, 1.54) is 12.1 Å². The molecule has 1 aliphatic rings. The number of alkyl halides is 2. The lowest BCUT2D eigenvalue weighted by Gasteiger charge is -2.10. The lowest BCUT2D eigenvalue weighted by atomic mass is 10.1. The Morgan fingerprint density at radius 2 is 2.10 bits per heavy atom. The van der Waals surface area contributed by atoms with Crippen LogP contribution in [-0.4, -0.2) is 17.0 Å². The summed E-state index contributed by atoms with van der Waals surface area (Å²) in [5.41, 5.74) is 2.73. The third-order valence-electron chi connectivity index (χ3n) is 3.21. The summed E-state index contributed by atoms with van der Waals surface area (Å²) in [6.45, 7) is 0. The van der Waals surface area contributed by atoms with E-state index >= 15 is 0 Å². The van der Waals surface area contributed by atoms with Gasteiger partial charge in [-0.25, -0.2) is 18.7 Å². The second-order valence-electron chi connectivity index (χ2n) is 4.49. The second kappa shape index (κ2) is 5.36. The van der Waals surface area contributed by atoms with Crippen molar-refractivity contribution in [2.75, 3.05) is 12.4 Å². The van der Waals surface area contributed by atoms with Crippen molar-refractivity contribution in [2.45, 2.75) is 17.9 Å². The van der Waals surface area contributed by atoms with E-state index in [0.29, 0.717) is 11.4 Å². The van der Waals surface area contributed by atoms with Crippen LogP contribution in [0, 0.1) is 0 Å². The molecule has 0 bridgehead atoms. The molecule has 1 aromatic carbocycles. The molecule has 0 fully saturated rings. The van der Waals surface area contributed by atoms with Gasteiger partial charge < -0.3 is 5.32 Å². The van der Waals surface area contributed by atoms with Gasteiger partial charge >= 0.3 is 0 Å². The van der Waals surface area contributed by atoms with Crippen LogP contribution in [-0.2, 0) is 11.5 Å². The van der Waals surface area contributed by atoms with Gasteiger partial charge in [-0.05, 0) is 6.07 Å². The Morgan fingerprint density at radius 1 is 1.25 bits per heavy atom. The van der Waals surface area contributed by atoms with Crippen molar-refractivity contribution in [3.8, 4) is 11.4 Å². The summed E-state index contributed by atoms with van der Waals surface area (Å²) in [5, 5.41) is 3.06. The summed E-state index contributed by atoms with van der Waals surface area (Å²) in [5.74, 6) is 3.02. The van der Waals surface area contributed by atoms with Gasteiger partial charge in [-0.1, -0.05) is 18.2 Å². The number of benzene rings is 1. The summed E-state index contributed by atoms with van der Waals surface area (Å²) in [6.07, 6.45) is -2.48. The first-order valence-corrected chi connectivity index (χ1v) is 7.38. The minimum absolute atomic E-state index is 0.00742. The Morgan fingerprint density at radius 3 is 2.85 bits per heavy atom. The van der Waals surface area contributed by atoms with Crippen molar-refractivity contribution >= 4 is 17.6 Å². The lowest BCUT2D eigenvalue weighted by Crippen LogP contribution is -2.03. The number of anilines is 1. The number of halogens is 2. The van der Waals surface area contributed by atoms with E-state index in [1.807, 2.05) is 7.05 Å². The maximum atomic E-state index is 12.8. The average Bonchev–Trinajstić information content (AvgIpc) is 2.94. The van der Waals surface area contributed by atoms with Crippen LogP contribution in [0.5, 0.6) is 0 Å². The van der Waals surface area contributed by atoms with Crippen molar-refractivity contribution in [1.29, 1.82) is 0 Å². The van der Waals surface area contributed by atoms with E-state index in [0.717, 1.165) is 28.6 Å². The zero-order chi connectivity index (χ0) is 14.1. The minimum atomic E-state index is -2.48. The summed E-state index contributed by atoms with van der Waals surface area (Å²) in [6, 6.07) is 6.24. The third-order valence-corrected chi connectivity index (χ3v) is 4.18. The van der Waals surface area contributed by atoms with Gasteiger partial charge in [-0.15, -0.1) is 0 Å². The normalized spacial score (nSPS) is 13.6. The number of thioether (sulfide) groups is 1. The number of rotatable bonds is 3. The number of hydrogen-bond donors (Lipinski definition) is 1. The monoisotopic (exact) mass is 293 g/mol. The molecule has 1 aliphatic heterocycles. The SMILES string of the molecule is CNc1nc(-c2cccc(C(F)F)c2)nc2c1CSC2. The zero-order valence-corrected chi connectivity index (χ0v) is 11.7. The smallest absolute Gasteiger partial charge is 0.263 e. The van der Waals surface area contributed by atoms with Gasteiger partial charge in [0, 0.05) is 35.2 Å². The molecule has 6 heteroatoms. The topological polar surface area (TPSA) is 37.8 Å². The number of nitrogens with one attached hydrogen (secondary N) is 1. The Hall–Kier alpha value is -1.69. The van der Waals surface area contributed by atoms with E-state index in [2.05, 4.69) is 15.3 Å². The van der Waals surface area contributed by atoms with Gasteiger partial charge in [0.1, 0.15) is 5.82 Å². The van der Waals surface area contributed by atoms with Crippen molar-refractivity contribution in [1.82, 2.24) is 9.97 Å². The fourth-order valence-corrected chi connectivity index (χ4v) is 3.24. The highest BCUT2D eigenvalue weighted by Crippen LogP contribution is 2.34. The van der Waals surface area contributed by atoms with Gasteiger partial charge in [0.25, 0.3) is 6.43 Å². The predicted molar refractivity (Wildman–Crippen MR) is 77.0 cm³/mol. The van der Waals surface area contributed by atoms with Crippen LogP contribution in [0.25, 0.3) is 11.4 Å². The first-order chi connectivity index (χ1) is 9.69. The highest BCUT2D eigenvalue weighted by atomic mass is 32.2. The third kappa shape index (κ3) is 2.35. The summed E-state index contributed by atoms with van der Waals surface area (Å²) in [7, 11) is 1.81. The van der Waals surface area contributed by atoms with Crippen molar-refractivity contribution in [2.24, 2.45) is 0 Å². The van der Waals surface area contributed by atoms with E-state index in [1.54, 1.807) is 23.9 Å². The molecule has 0 unspecified atom stereocenters. The van der Waals surface area contributed by atoms with Crippen LogP contribution in [0.3, 0.4) is 0 Å². The first-order valence-electron chi connectivity index (χ1n) is 6.23. The lowest BCUT2D eigenvalue weighted by molar-refractivity contribution is 0.151. The van der Waals surface area contributed by atoms with E-state index in [4.69, 9.17) is 0 Å². The quantitative estimate of drug-likeness (QED) is 0.932. The number of hydrogen-bond acceptors (Lipinski definition) is 4. The molecule has 3 rings (SSSR count). The molecule has 0 saturated carbocycles. The van der Waals surface area contributed by atoms with Crippen molar-refractivity contribution < 1.29 is 8.78 Å². The minimum Gasteiger partial charge on any atom is -0.373 e. The number of aromatic nitrogens is 2. The maximum Gasteiger partial charge on any atom is 0.263 e. The highest BCUT2D eigenvalue weighted by Gasteiger charge is 2.20. The van der Waals surface area contributed by atoms with E-state index in [-0.39, 0.29) is 5.56 Å². The Labute approximate surface area is 119 Å². The highest BCUT2D eigenvalue weighted by molar-refractivity contribution is 7.98. The Bertz CT molecular complexity index is 646. The van der Waals surface area contributed by atoms with Gasteiger partial charge in [0.05, 0.1) is 5.69 Å². The van der Waals surface area contributed by atoms with Gasteiger partial charge in [0.15, 0.2) is 5.82 Å². The summed E-state index contributed by atoms with van der Waals surface area (Å²) >= 11 is 1.78. The summed E-state index contributed by atoms with van der Waals surface area (Å²) in [4.78, 5) is 8.97. The number of nitrogens with zero attached hydrogens (tertiary/aromatic N) is 2. The van der Waals surface area contributed by atoms with Crippen LogP contribution < -0.4 is 5.32 Å². The summed E-state index contributed by atoms with van der Waals surface area (Å²) < 4.78 is 25.5. The first kappa shape index (κ1) is 13.3. The number of fused-ring (bicyclic) bond motifs is 1. The van der Waals surface area contributed by atoms with Crippen LogP contribution in [0.15, 0.2) is 24.3 Å². The van der Waals surface area contributed by atoms with Crippen LogP contribution >= 0.6 is 11.8 Å². The molecule has 2 heterocycles. The average molecular weight is 293 g/mol.